The molecular weight excluding hydrogens is 213 g/mol. The molecule has 0 radical (unpaired) electrons. The summed E-state index contributed by atoms with van der Waals surface area (Å²) in [7, 11) is 0. The minimum absolute atomic E-state index is 0.0594. The van der Waals surface area contributed by atoms with Crippen LogP contribution in [0.2, 0.25) is 0 Å². The SMILES string of the molecule is Cc1c(OC(F)(F)F)cc(=O)[nH]c1CN. The van der Waals surface area contributed by atoms with E-state index in [1.165, 1.54) is 6.92 Å². The molecule has 0 aliphatic rings. The van der Waals surface area contributed by atoms with Gasteiger partial charge >= 0.3 is 6.36 Å². The standard InChI is InChI=1S/C8H9F3N2O2/c1-4-5(3-12)13-7(14)2-6(4)15-8(9,10)11/h2H,3,12H2,1H3,(H,13,14). The lowest BCUT2D eigenvalue weighted by Crippen LogP contribution is -2.21. The molecule has 0 fully saturated rings. The molecule has 0 amide bonds. The topological polar surface area (TPSA) is 68.1 Å². The van der Waals surface area contributed by atoms with E-state index in [1.54, 1.807) is 0 Å². The molecular formula is C8H9F3N2O2. The lowest BCUT2D eigenvalue weighted by molar-refractivity contribution is -0.274. The van der Waals surface area contributed by atoms with Crippen LogP contribution < -0.4 is 16.0 Å². The normalized spacial score (nSPS) is 11.5. The minimum atomic E-state index is -4.82. The number of H-pyrrole nitrogens is 1. The van der Waals surface area contributed by atoms with Crippen LogP contribution in [-0.2, 0) is 6.54 Å². The number of halogens is 3. The summed E-state index contributed by atoms with van der Waals surface area (Å²) >= 11 is 0. The van der Waals surface area contributed by atoms with Gasteiger partial charge in [-0.05, 0) is 6.92 Å². The van der Waals surface area contributed by atoms with Crippen molar-refractivity contribution < 1.29 is 17.9 Å². The molecule has 1 heterocycles. The zero-order valence-electron chi connectivity index (χ0n) is 7.81. The maximum absolute atomic E-state index is 11.9. The summed E-state index contributed by atoms with van der Waals surface area (Å²) in [4.78, 5) is 13.3. The third kappa shape index (κ3) is 2.98. The molecule has 0 atom stereocenters. The van der Waals surface area contributed by atoms with Gasteiger partial charge in [0.1, 0.15) is 5.75 Å². The Morgan fingerprint density at radius 1 is 1.53 bits per heavy atom. The van der Waals surface area contributed by atoms with Crippen LogP contribution in [0.3, 0.4) is 0 Å². The van der Waals surface area contributed by atoms with Gasteiger partial charge in [-0.15, -0.1) is 13.2 Å². The van der Waals surface area contributed by atoms with Crippen LogP contribution in [0.5, 0.6) is 5.75 Å². The average molecular weight is 222 g/mol. The maximum Gasteiger partial charge on any atom is 0.573 e. The Kier molecular flexibility index (Phi) is 3.04. The quantitative estimate of drug-likeness (QED) is 0.785. The fourth-order valence-corrected chi connectivity index (χ4v) is 1.09. The highest BCUT2D eigenvalue weighted by Gasteiger charge is 2.32. The summed E-state index contributed by atoms with van der Waals surface area (Å²) in [5.74, 6) is -0.522. The van der Waals surface area contributed by atoms with Crippen molar-refractivity contribution in [2.75, 3.05) is 0 Å². The molecule has 0 spiro atoms. The second kappa shape index (κ2) is 3.93. The summed E-state index contributed by atoms with van der Waals surface area (Å²) in [6.45, 7) is 1.33. The van der Waals surface area contributed by atoms with Gasteiger partial charge in [-0.1, -0.05) is 0 Å². The first kappa shape index (κ1) is 11.6. The number of pyridine rings is 1. The lowest BCUT2D eigenvalue weighted by Gasteiger charge is -2.12. The van der Waals surface area contributed by atoms with Gasteiger partial charge in [0, 0.05) is 23.9 Å². The Balaban J connectivity index is 3.18. The molecule has 3 N–H and O–H groups in total. The van der Waals surface area contributed by atoms with E-state index in [9.17, 15) is 18.0 Å². The molecule has 15 heavy (non-hydrogen) atoms. The van der Waals surface area contributed by atoms with Crippen LogP contribution in [0.4, 0.5) is 13.2 Å². The Morgan fingerprint density at radius 3 is 2.60 bits per heavy atom. The van der Waals surface area contributed by atoms with Crippen molar-refractivity contribution in [2.45, 2.75) is 19.8 Å². The molecule has 0 bridgehead atoms. The number of hydrogen-bond acceptors (Lipinski definition) is 3. The molecule has 84 valence electrons. The van der Waals surface area contributed by atoms with Gasteiger partial charge < -0.3 is 15.5 Å². The molecule has 4 nitrogen and oxygen atoms in total. The first-order valence-electron chi connectivity index (χ1n) is 4.02. The van der Waals surface area contributed by atoms with Crippen LogP contribution >= 0.6 is 0 Å². The summed E-state index contributed by atoms with van der Waals surface area (Å²) in [6, 6.07) is 0.738. The maximum atomic E-state index is 11.9. The predicted octanol–water partition coefficient (Wildman–Crippen LogP) is 1.04. The number of hydrogen-bond donors (Lipinski definition) is 2. The Morgan fingerprint density at radius 2 is 2.13 bits per heavy atom. The van der Waals surface area contributed by atoms with E-state index >= 15 is 0 Å². The zero-order chi connectivity index (χ0) is 11.6. The molecule has 7 heteroatoms. The lowest BCUT2D eigenvalue weighted by atomic mass is 10.2. The fraction of sp³-hybridized carbons (Fsp3) is 0.375. The van der Waals surface area contributed by atoms with E-state index in [4.69, 9.17) is 5.73 Å². The summed E-state index contributed by atoms with van der Waals surface area (Å²) in [6.07, 6.45) is -4.82. The van der Waals surface area contributed by atoms with Gasteiger partial charge in [0.15, 0.2) is 0 Å². The number of aromatic nitrogens is 1. The first-order chi connectivity index (χ1) is 6.83. The second-order valence-corrected chi connectivity index (χ2v) is 2.85. The van der Waals surface area contributed by atoms with Crippen molar-refractivity contribution in [1.29, 1.82) is 0 Å². The Hall–Kier alpha value is -1.50. The van der Waals surface area contributed by atoms with E-state index in [-0.39, 0.29) is 17.8 Å². The van der Waals surface area contributed by atoms with Crippen molar-refractivity contribution >= 4 is 0 Å². The molecule has 0 aliphatic heterocycles. The molecule has 0 aromatic carbocycles. The second-order valence-electron chi connectivity index (χ2n) is 2.85. The molecule has 0 saturated heterocycles. The van der Waals surface area contributed by atoms with Crippen LogP contribution in [-0.4, -0.2) is 11.3 Å². The van der Waals surface area contributed by atoms with Gasteiger partial charge in [-0.3, -0.25) is 4.79 Å². The van der Waals surface area contributed by atoms with Gasteiger partial charge in [-0.25, -0.2) is 0 Å². The molecule has 0 saturated carbocycles. The van der Waals surface area contributed by atoms with E-state index in [2.05, 4.69) is 9.72 Å². The highest BCUT2D eigenvalue weighted by Crippen LogP contribution is 2.25. The van der Waals surface area contributed by atoms with Crippen LogP contribution in [0.15, 0.2) is 10.9 Å². The van der Waals surface area contributed by atoms with Crippen molar-refractivity contribution in [3.63, 3.8) is 0 Å². The summed E-state index contributed by atoms with van der Waals surface area (Å²) < 4.78 is 39.4. The van der Waals surface area contributed by atoms with E-state index in [0.29, 0.717) is 0 Å². The number of aromatic amines is 1. The molecule has 1 aromatic heterocycles. The zero-order valence-corrected chi connectivity index (χ0v) is 7.81. The van der Waals surface area contributed by atoms with Crippen LogP contribution in [0.25, 0.3) is 0 Å². The van der Waals surface area contributed by atoms with Crippen molar-refractivity contribution in [1.82, 2.24) is 4.98 Å². The molecule has 1 aromatic rings. The van der Waals surface area contributed by atoms with Crippen molar-refractivity contribution in [3.05, 3.63) is 27.7 Å². The van der Waals surface area contributed by atoms with E-state index < -0.39 is 17.7 Å². The summed E-state index contributed by atoms with van der Waals surface area (Å²) in [5.41, 5.74) is 4.96. The Bertz CT molecular complexity index is 411. The van der Waals surface area contributed by atoms with Gasteiger partial charge in [-0.2, -0.15) is 0 Å². The smallest absolute Gasteiger partial charge is 0.405 e. The number of rotatable bonds is 2. The van der Waals surface area contributed by atoms with E-state index in [1.807, 2.05) is 0 Å². The van der Waals surface area contributed by atoms with Crippen LogP contribution in [0, 0.1) is 6.92 Å². The predicted molar refractivity (Wildman–Crippen MR) is 46.4 cm³/mol. The highest BCUT2D eigenvalue weighted by atomic mass is 19.4. The van der Waals surface area contributed by atoms with Gasteiger partial charge in [0.2, 0.25) is 0 Å². The highest BCUT2D eigenvalue weighted by molar-refractivity contribution is 5.34. The van der Waals surface area contributed by atoms with Crippen LogP contribution in [0.1, 0.15) is 11.3 Å². The number of alkyl halides is 3. The number of nitrogens with two attached hydrogens (primary N) is 1. The first-order valence-corrected chi connectivity index (χ1v) is 4.02. The van der Waals surface area contributed by atoms with Crippen molar-refractivity contribution in [2.24, 2.45) is 5.73 Å². The van der Waals surface area contributed by atoms with Gasteiger partial charge in [0.05, 0.1) is 0 Å². The monoisotopic (exact) mass is 222 g/mol. The number of ether oxygens (including phenoxy) is 1. The molecule has 0 aliphatic carbocycles. The third-order valence-corrected chi connectivity index (χ3v) is 1.79. The molecule has 1 rings (SSSR count). The fourth-order valence-electron chi connectivity index (χ4n) is 1.09. The summed E-state index contributed by atoms with van der Waals surface area (Å²) in [5, 5.41) is 0. The third-order valence-electron chi connectivity index (χ3n) is 1.79. The number of nitrogens with one attached hydrogen (secondary N) is 1. The minimum Gasteiger partial charge on any atom is -0.405 e. The largest absolute Gasteiger partial charge is 0.573 e. The average Bonchev–Trinajstić information content (AvgIpc) is 2.08. The van der Waals surface area contributed by atoms with E-state index in [0.717, 1.165) is 6.07 Å². The van der Waals surface area contributed by atoms with Gasteiger partial charge in [0.25, 0.3) is 5.56 Å². The Labute approximate surface area is 82.9 Å². The van der Waals surface area contributed by atoms with Crippen molar-refractivity contribution in [3.8, 4) is 5.75 Å². The molecule has 0 unspecified atom stereocenters.